The molecule has 1 aliphatic heterocycles. The first-order valence-corrected chi connectivity index (χ1v) is 12.0. The Hall–Kier alpha value is -3.07. The Morgan fingerprint density at radius 3 is 2.64 bits per heavy atom. The van der Waals surface area contributed by atoms with E-state index in [1.165, 1.54) is 11.8 Å². The molecule has 0 aliphatic carbocycles. The van der Waals surface area contributed by atoms with Crippen LogP contribution in [-0.2, 0) is 4.74 Å². The van der Waals surface area contributed by atoms with E-state index < -0.39 is 5.60 Å². The number of aryl methyl sites for hydroxylation is 1. The first kappa shape index (κ1) is 23.1. The van der Waals surface area contributed by atoms with Gasteiger partial charge in [-0.1, -0.05) is 11.8 Å². The molecule has 0 bridgehead atoms. The highest BCUT2D eigenvalue weighted by Gasteiger charge is 2.36. The number of thioether (sulfide) groups is 1. The molecule has 1 saturated heterocycles. The van der Waals surface area contributed by atoms with Gasteiger partial charge in [0.05, 0.1) is 18.8 Å². The maximum absolute atomic E-state index is 12.4. The standard InChI is InChI=1S/C24H29N5O3S/c1-15-9-16(11-18(10-15)31-5)21-19(20-7-8-25-22(26-20)33-6)14-29(27-21)17-12-28(13-17)23(30)32-24(2,3)4/h7-11,14,17H,12-13H2,1-6H3. The second kappa shape index (κ2) is 9.05. The van der Waals surface area contributed by atoms with Crippen molar-refractivity contribution in [2.24, 2.45) is 0 Å². The van der Waals surface area contributed by atoms with Gasteiger partial charge in [0.15, 0.2) is 5.16 Å². The van der Waals surface area contributed by atoms with E-state index in [-0.39, 0.29) is 12.1 Å². The van der Waals surface area contributed by atoms with Crippen molar-refractivity contribution in [2.45, 2.75) is 44.5 Å². The van der Waals surface area contributed by atoms with Crippen LogP contribution in [0.4, 0.5) is 4.79 Å². The molecule has 2 aromatic heterocycles. The normalized spacial score (nSPS) is 14.2. The number of methoxy groups -OCH3 is 1. The molecule has 33 heavy (non-hydrogen) atoms. The van der Waals surface area contributed by atoms with Gasteiger partial charge in [0.25, 0.3) is 0 Å². The number of carbonyl (C=O) groups excluding carboxylic acids is 1. The Bertz CT molecular complexity index is 1170. The lowest BCUT2D eigenvalue weighted by Crippen LogP contribution is -2.52. The predicted octanol–water partition coefficient (Wildman–Crippen LogP) is 4.84. The maximum atomic E-state index is 12.4. The van der Waals surface area contributed by atoms with E-state index in [2.05, 4.69) is 11.1 Å². The molecule has 0 spiro atoms. The van der Waals surface area contributed by atoms with E-state index >= 15 is 0 Å². The number of hydrogen-bond donors (Lipinski definition) is 0. The minimum absolute atomic E-state index is 0.0681. The van der Waals surface area contributed by atoms with E-state index in [0.717, 1.165) is 33.8 Å². The summed E-state index contributed by atoms with van der Waals surface area (Å²) < 4.78 is 12.9. The number of nitrogens with zero attached hydrogens (tertiary/aromatic N) is 5. The largest absolute Gasteiger partial charge is 0.497 e. The van der Waals surface area contributed by atoms with E-state index in [1.54, 1.807) is 18.2 Å². The average Bonchev–Trinajstić information content (AvgIpc) is 3.16. The third kappa shape index (κ3) is 5.13. The lowest BCUT2D eigenvalue weighted by molar-refractivity contribution is -0.000351. The van der Waals surface area contributed by atoms with Crippen molar-refractivity contribution >= 4 is 17.9 Å². The zero-order valence-corrected chi connectivity index (χ0v) is 20.6. The molecule has 1 amide bonds. The van der Waals surface area contributed by atoms with Gasteiger partial charge in [-0.15, -0.1) is 0 Å². The molecule has 1 fully saturated rings. The van der Waals surface area contributed by atoms with Crippen molar-refractivity contribution in [2.75, 3.05) is 26.5 Å². The number of hydrogen-bond acceptors (Lipinski definition) is 7. The Morgan fingerprint density at radius 1 is 1.21 bits per heavy atom. The third-order valence-electron chi connectivity index (χ3n) is 5.27. The molecule has 0 atom stereocenters. The molecule has 1 aliphatic rings. The van der Waals surface area contributed by atoms with Gasteiger partial charge in [0.1, 0.15) is 17.0 Å². The summed E-state index contributed by atoms with van der Waals surface area (Å²) in [5.41, 5.74) is 4.06. The van der Waals surface area contributed by atoms with E-state index in [0.29, 0.717) is 18.2 Å². The van der Waals surface area contributed by atoms with Crippen LogP contribution in [0.2, 0.25) is 0 Å². The number of rotatable bonds is 5. The molecule has 174 valence electrons. The Morgan fingerprint density at radius 2 is 1.97 bits per heavy atom. The van der Waals surface area contributed by atoms with Crippen molar-refractivity contribution in [3.63, 3.8) is 0 Å². The quantitative estimate of drug-likeness (QED) is 0.392. The molecular formula is C24H29N5O3S. The molecule has 8 nitrogen and oxygen atoms in total. The van der Waals surface area contributed by atoms with Gasteiger partial charge in [0.2, 0.25) is 0 Å². The Kier molecular flexibility index (Phi) is 6.34. The first-order valence-electron chi connectivity index (χ1n) is 10.8. The monoisotopic (exact) mass is 467 g/mol. The number of aromatic nitrogens is 4. The van der Waals surface area contributed by atoms with Gasteiger partial charge < -0.3 is 14.4 Å². The first-order chi connectivity index (χ1) is 15.7. The Labute approximate surface area is 198 Å². The number of amides is 1. The molecule has 4 rings (SSSR count). The summed E-state index contributed by atoms with van der Waals surface area (Å²) in [5, 5.41) is 5.64. The number of carbonyl (C=O) groups is 1. The van der Waals surface area contributed by atoms with Crippen LogP contribution in [-0.4, -0.2) is 62.8 Å². The van der Waals surface area contributed by atoms with Gasteiger partial charge in [-0.05, 0) is 63.8 Å². The Balaban J connectivity index is 1.68. The summed E-state index contributed by atoms with van der Waals surface area (Å²) in [7, 11) is 1.66. The second-order valence-corrected chi connectivity index (χ2v) is 9.85. The highest BCUT2D eigenvalue weighted by molar-refractivity contribution is 7.98. The fourth-order valence-electron chi connectivity index (χ4n) is 3.67. The molecule has 0 radical (unpaired) electrons. The molecule has 0 saturated carbocycles. The van der Waals surface area contributed by atoms with Crippen LogP contribution in [0.15, 0.2) is 41.8 Å². The summed E-state index contributed by atoms with van der Waals surface area (Å²) >= 11 is 1.50. The summed E-state index contributed by atoms with van der Waals surface area (Å²) in [5.74, 6) is 0.776. The van der Waals surface area contributed by atoms with Crippen LogP contribution < -0.4 is 4.74 Å². The molecular weight excluding hydrogens is 438 g/mol. The number of benzene rings is 1. The zero-order chi connectivity index (χ0) is 23.8. The molecule has 0 N–H and O–H groups in total. The van der Waals surface area contributed by atoms with Crippen LogP contribution in [0.25, 0.3) is 22.5 Å². The highest BCUT2D eigenvalue weighted by atomic mass is 32.2. The van der Waals surface area contributed by atoms with Crippen molar-refractivity contribution in [1.29, 1.82) is 0 Å². The fraction of sp³-hybridized carbons (Fsp3) is 0.417. The molecule has 9 heteroatoms. The summed E-state index contributed by atoms with van der Waals surface area (Å²) in [6.45, 7) is 8.74. The van der Waals surface area contributed by atoms with Crippen molar-refractivity contribution < 1.29 is 14.3 Å². The minimum Gasteiger partial charge on any atom is -0.497 e. The highest BCUT2D eigenvalue weighted by Crippen LogP contribution is 2.35. The van der Waals surface area contributed by atoms with E-state index in [1.807, 2.05) is 63.0 Å². The maximum Gasteiger partial charge on any atom is 0.410 e. The topological polar surface area (TPSA) is 82.4 Å². The molecule has 3 aromatic rings. The average molecular weight is 468 g/mol. The zero-order valence-electron chi connectivity index (χ0n) is 19.8. The van der Waals surface area contributed by atoms with Crippen LogP contribution in [0.1, 0.15) is 32.4 Å². The lowest BCUT2D eigenvalue weighted by Gasteiger charge is -2.39. The van der Waals surface area contributed by atoms with Gasteiger partial charge in [-0.2, -0.15) is 5.10 Å². The van der Waals surface area contributed by atoms with Gasteiger partial charge >= 0.3 is 6.09 Å². The van der Waals surface area contributed by atoms with Crippen LogP contribution in [0.5, 0.6) is 5.75 Å². The van der Waals surface area contributed by atoms with Gasteiger partial charge in [0, 0.05) is 36.6 Å². The smallest absolute Gasteiger partial charge is 0.410 e. The van der Waals surface area contributed by atoms with Crippen molar-refractivity contribution in [3.05, 3.63) is 42.2 Å². The minimum atomic E-state index is -0.513. The SMILES string of the molecule is COc1cc(C)cc(-c2nn(C3CN(C(=O)OC(C)(C)C)C3)cc2-c2ccnc(SC)n2)c1. The summed E-state index contributed by atoms with van der Waals surface area (Å²) in [6, 6.07) is 8.02. The van der Waals surface area contributed by atoms with Crippen molar-refractivity contribution in [3.8, 4) is 28.3 Å². The molecule has 3 heterocycles. The number of likely N-dealkylation sites (tertiary alicyclic amines) is 1. The summed E-state index contributed by atoms with van der Waals surface area (Å²) in [4.78, 5) is 23.0. The molecule has 1 aromatic carbocycles. The van der Waals surface area contributed by atoms with E-state index in [9.17, 15) is 4.79 Å². The van der Waals surface area contributed by atoms with E-state index in [4.69, 9.17) is 19.6 Å². The third-order valence-corrected chi connectivity index (χ3v) is 5.83. The second-order valence-electron chi connectivity index (χ2n) is 9.08. The van der Waals surface area contributed by atoms with Crippen molar-refractivity contribution in [1.82, 2.24) is 24.6 Å². The van der Waals surface area contributed by atoms with Gasteiger partial charge in [-0.3, -0.25) is 4.68 Å². The number of ether oxygens (including phenoxy) is 2. The van der Waals surface area contributed by atoms with Crippen LogP contribution in [0.3, 0.4) is 0 Å². The summed E-state index contributed by atoms with van der Waals surface area (Å²) in [6.07, 6.45) is 5.43. The lowest BCUT2D eigenvalue weighted by atomic mass is 10.0. The van der Waals surface area contributed by atoms with Crippen LogP contribution in [0, 0.1) is 6.92 Å². The van der Waals surface area contributed by atoms with Crippen LogP contribution >= 0.6 is 11.8 Å². The molecule has 0 unspecified atom stereocenters. The predicted molar refractivity (Wildman–Crippen MR) is 129 cm³/mol. The van der Waals surface area contributed by atoms with Gasteiger partial charge in [-0.25, -0.2) is 14.8 Å². The fourth-order valence-corrected chi connectivity index (χ4v) is 4.03.